The van der Waals surface area contributed by atoms with Crippen molar-refractivity contribution in [2.45, 2.75) is 94.0 Å². The summed E-state index contributed by atoms with van der Waals surface area (Å²) in [4.78, 5) is 97.9. The fourth-order valence-electron chi connectivity index (χ4n) is 6.56. The summed E-state index contributed by atoms with van der Waals surface area (Å²) in [5.74, 6) is -5.82. The maximum atomic E-state index is 14.2. The minimum Gasteiger partial charge on any atom is -0.480 e. The van der Waals surface area contributed by atoms with Gasteiger partial charge in [-0.15, -0.1) is 0 Å². The van der Waals surface area contributed by atoms with Gasteiger partial charge in [0.1, 0.15) is 30.2 Å². The van der Waals surface area contributed by atoms with Crippen LogP contribution in [-0.4, -0.2) is 132 Å². The fraction of sp³-hybridized carbons (Fsp3) is 0.500. The molecule has 0 aliphatic carbocycles. The topological polar surface area (TPSA) is 340 Å². The fourth-order valence-corrected chi connectivity index (χ4v) is 6.56. The van der Waals surface area contributed by atoms with Gasteiger partial charge in [0.05, 0.1) is 19.2 Å². The van der Waals surface area contributed by atoms with E-state index < -0.39 is 90.8 Å². The van der Waals surface area contributed by atoms with Crippen LogP contribution in [0.1, 0.15) is 56.1 Å². The quantitative estimate of drug-likeness (QED) is 0.0272. The first kappa shape index (κ1) is 48.3. The number of carbonyl (C=O) groups excluding carboxylic acids is 6. The number of nitrogens with two attached hydrogens (primary N) is 4. The van der Waals surface area contributed by atoms with Gasteiger partial charge in [0.15, 0.2) is 5.96 Å². The van der Waals surface area contributed by atoms with Gasteiger partial charge in [-0.3, -0.25) is 33.8 Å². The zero-order valence-corrected chi connectivity index (χ0v) is 33.6. The van der Waals surface area contributed by atoms with Gasteiger partial charge in [-0.2, -0.15) is 0 Å². The Morgan fingerprint density at radius 1 is 0.733 bits per heavy atom. The van der Waals surface area contributed by atoms with Crippen molar-refractivity contribution in [3.8, 4) is 0 Å². The molecule has 2 aromatic rings. The molecule has 1 aliphatic rings. The number of aliphatic hydroxyl groups excluding tert-OH is 1. The van der Waals surface area contributed by atoms with Gasteiger partial charge >= 0.3 is 5.97 Å². The first-order valence-electron chi connectivity index (χ1n) is 19.9. The van der Waals surface area contributed by atoms with Crippen molar-refractivity contribution in [2.75, 3.05) is 32.8 Å². The Morgan fingerprint density at radius 3 is 1.80 bits per heavy atom. The van der Waals surface area contributed by atoms with Crippen molar-refractivity contribution >= 4 is 47.4 Å². The summed E-state index contributed by atoms with van der Waals surface area (Å²) in [5, 5.41) is 32.6. The highest BCUT2D eigenvalue weighted by atomic mass is 16.4. The Kier molecular flexibility index (Phi) is 20.4. The number of rotatable bonds is 25. The van der Waals surface area contributed by atoms with E-state index in [4.69, 9.17) is 22.9 Å². The number of aliphatic carboxylic acids is 1. The molecule has 1 fully saturated rings. The van der Waals surface area contributed by atoms with Crippen LogP contribution in [0, 0.1) is 0 Å². The number of carbonyl (C=O) groups is 7. The van der Waals surface area contributed by atoms with Gasteiger partial charge in [-0.25, -0.2) is 4.79 Å². The number of hydrogen-bond donors (Lipinski definition) is 11. The van der Waals surface area contributed by atoms with Crippen LogP contribution in [0.15, 0.2) is 65.7 Å². The normalized spacial score (nSPS) is 15.9. The Labute approximate surface area is 348 Å². The van der Waals surface area contributed by atoms with Crippen LogP contribution in [-0.2, 0) is 46.4 Å². The van der Waals surface area contributed by atoms with Crippen molar-refractivity contribution in [3.05, 3.63) is 71.8 Å². The summed E-state index contributed by atoms with van der Waals surface area (Å²) >= 11 is 0. The Balaban J connectivity index is 1.83. The summed E-state index contributed by atoms with van der Waals surface area (Å²) in [6.07, 6.45) is 2.54. The van der Waals surface area contributed by atoms with Crippen molar-refractivity contribution < 1.29 is 43.8 Å². The lowest BCUT2D eigenvalue weighted by Gasteiger charge is -2.29. The smallest absolute Gasteiger partial charge is 0.326 e. The van der Waals surface area contributed by atoms with Crippen molar-refractivity contribution in [1.29, 1.82) is 0 Å². The largest absolute Gasteiger partial charge is 0.480 e. The molecule has 15 N–H and O–H groups in total. The van der Waals surface area contributed by atoms with Gasteiger partial charge < -0.3 is 64.6 Å². The predicted octanol–water partition coefficient (Wildman–Crippen LogP) is -2.89. The van der Waals surface area contributed by atoms with E-state index in [-0.39, 0.29) is 51.2 Å². The predicted molar refractivity (Wildman–Crippen MR) is 221 cm³/mol. The second kappa shape index (κ2) is 25.4. The lowest BCUT2D eigenvalue weighted by Crippen LogP contribution is -2.60. The summed E-state index contributed by atoms with van der Waals surface area (Å²) in [7, 11) is 0. The molecule has 0 aromatic heterocycles. The lowest BCUT2D eigenvalue weighted by atomic mass is 10.0. The summed E-state index contributed by atoms with van der Waals surface area (Å²) in [5.41, 5.74) is 23.5. The maximum Gasteiger partial charge on any atom is 0.326 e. The number of nitrogens with one attached hydrogen (secondary N) is 5. The van der Waals surface area contributed by atoms with Crippen LogP contribution < -0.4 is 49.5 Å². The Hall–Kier alpha value is -6.12. The van der Waals surface area contributed by atoms with Crippen LogP contribution in [0.3, 0.4) is 0 Å². The lowest BCUT2D eigenvalue weighted by molar-refractivity contribution is -0.149. The van der Waals surface area contributed by atoms with Gasteiger partial charge in [0.25, 0.3) is 0 Å². The Morgan fingerprint density at radius 2 is 1.28 bits per heavy atom. The molecule has 328 valence electrons. The van der Waals surface area contributed by atoms with Gasteiger partial charge in [-0.05, 0) is 56.2 Å². The number of amides is 6. The molecule has 0 radical (unpaired) electrons. The molecule has 1 saturated heterocycles. The monoisotopic (exact) mass is 837 g/mol. The summed E-state index contributed by atoms with van der Waals surface area (Å²) in [6.45, 7) is -0.648. The van der Waals surface area contributed by atoms with Crippen LogP contribution in [0.5, 0.6) is 0 Å². The number of guanidine groups is 1. The standard InChI is InChI=1S/C40H59N11O9/c41-18-8-7-15-27(42)34(54)46-23-33(53)47-31(24-52)37(57)50-30(22-26-13-5-2-6-14-26)36(56)49-29(21-25-11-3-1-4-12-25)35(55)48-28(16-9-19-45-40(43)44)38(58)51-20-10-17-32(51)39(59)60/h1-6,11-14,27-32,52H,7-10,15-24,41-42H2,(H,46,54)(H,47,53)(H,48,55)(H,49,56)(H,50,57)(H,59,60)(H4,43,44,45)/t27-,28-,29-,30-,31-,32-/m0/s1. The minimum absolute atomic E-state index is 0.0431. The van der Waals surface area contributed by atoms with Gasteiger partial charge in [0, 0.05) is 25.9 Å². The zero-order chi connectivity index (χ0) is 44.0. The zero-order valence-electron chi connectivity index (χ0n) is 33.6. The molecule has 0 unspecified atom stereocenters. The Bertz CT molecular complexity index is 1760. The van der Waals surface area contributed by atoms with E-state index in [1.807, 2.05) is 0 Å². The average Bonchev–Trinajstić information content (AvgIpc) is 3.73. The van der Waals surface area contributed by atoms with Crippen LogP contribution in [0.2, 0.25) is 0 Å². The number of likely N-dealkylation sites (tertiary alicyclic amines) is 1. The second-order valence-electron chi connectivity index (χ2n) is 14.5. The number of aliphatic hydroxyl groups is 1. The molecule has 0 bridgehead atoms. The van der Waals surface area contributed by atoms with E-state index >= 15 is 0 Å². The minimum atomic E-state index is -1.53. The highest BCUT2D eigenvalue weighted by molar-refractivity contribution is 5.97. The number of carboxylic acids is 1. The highest BCUT2D eigenvalue weighted by Crippen LogP contribution is 2.20. The van der Waals surface area contributed by atoms with Crippen LogP contribution in [0.4, 0.5) is 0 Å². The third-order valence-electron chi connectivity index (χ3n) is 9.78. The third-order valence-corrected chi connectivity index (χ3v) is 9.78. The van der Waals surface area contributed by atoms with E-state index in [1.54, 1.807) is 60.7 Å². The molecule has 0 saturated carbocycles. The average molecular weight is 838 g/mol. The number of carboxylic acid groups (broad SMARTS) is 1. The SMILES string of the molecule is NCCCC[C@H](N)C(=O)NCC(=O)N[C@@H](CO)C(=O)N[C@@H](Cc1ccccc1)C(=O)N[C@@H](Cc1ccccc1)C(=O)N[C@@H](CCCN=C(N)N)C(=O)N1CCC[C@H]1C(=O)O. The number of benzene rings is 2. The summed E-state index contributed by atoms with van der Waals surface area (Å²) < 4.78 is 0. The molecule has 20 heteroatoms. The van der Waals surface area contributed by atoms with Gasteiger partial charge in [0.2, 0.25) is 35.4 Å². The maximum absolute atomic E-state index is 14.2. The molecule has 2 aromatic carbocycles. The van der Waals surface area contributed by atoms with Crippen LogP contribution >= 0.6 is 0 Å². The van der Waals surface area contributed by atoms with E-state index in [0.29, 0.717) is 43.4 Å². The summed E-state index contributed by atoms with van der Waals surface area (Å²) in [6, 6.07) is 10.1. The molecular weight excluding hydrogens is 779 g/mol. The second-order valence-corrected chi connectivity index (χ2v) is 14.5. The number of aliphatic imine (C=N–C) groups is 1. The third kappa shape index (κ3) is 16.3. The van der Waals surface area contributed by atoms with Crippen LogP contribution in [0.25, 0.3) is 0 Å². The molecule has 6 atom stereocenters. The first-order chi connectivity index (χ1) is 28.7. The molecular formula is C40H59N11O9. The van der Waals surface area contributed by atoms with E-state index in [1.165, 1.54) is 4.90 Å². The van der Waals surface area contributed by atoms with Crippen molar-refractivity contribution in [3.63, 3.8) is 0 Å². The van der Waals surface area contributed by atoms with E-state index in [0.717, 1.165) is 0 Å². The molecule has 6 amide bonds. The number of nitrogens with zero attached hydrogens (tertiary/aromatic N) is 2. The van der Waals surface area contributed by atoms with Crippen molar-refractivity contribution in [1.82, 2.24) is 31.5 Å². The first-order valence-corrected chi connectivity index (χ1v) is 19.9. The molecule has 3 rings (SSSR count). The molecule has 1 aliphatic heterocycles. The van der Waals surface area contributed by atoms with Gasteiger partial charge in [-0.1, -0.05) is 67.1 Å². The molecule has 0 spiro atoms. The molecule has 1 heterocycles. The number of hydrogen-bond acceptors (Lipinski definition) is 11. The van der Waals surface area contributed by atoms with Crippen molar-refractivity contribution in [2.24, 2.45) is 27.9 Å². The van der Waals surface area contributed by atoms with E-state index in [2.05, 4.69) is 31.6 Å². The highest BCUT2D eigenvalue weighted by Gasteiger charge is 2.38. The molecule has 20 nitrogen and oxygen atoms in total. The van der Waals surface area contributed by atoms with E-state index in [9.17, 15) is 43.8 Å². The number of unbranched alkanes of at least 4 members (excludes halogenated alkanes) is 1. The molecule has 60 heavy (non-hydrogen) atoms.